The van der Waals surface area contributed by atoms with Gasteiger partial charge in [0.05, 0.1) is 16.0 Å². The number of amides is 2. The molecule has 186 valence electrons. The van der Waals surface area contributed by atoms with Crippen LogP contribution in [0.2, 0.25) is 0 Å². The first-order chi connectivity index (χ1) is 17.4. The Hall–Kier alpha value is -3.10. The van der Waals surface area contributed by atoms with Gasteiger partial charge in [-0.1, -0.05) is 42.5 Å². The summed E-state index contributed by atoms with van der Waals surface area (Å²) in [5, 5.41) is -0.265. The normalized spacial score (nSPS) is 14.5. The first-order valence-corrected chi connectivity index (χ1v) is 13.2. The Bertz CT molecular complexity index is 1280. The highest BCUT2D eigenvalue weighted by molar-refractivity contribution is 9.10. The molecule has 1 heterocycles. The molecule has 0 aromatic heterocycles. The predicted octanol–water partition coefficient (Wildman–Crippen LogP) is 7.24. The van der Waals surface area contributed by atoms with Crippen molar-refractivity contribution >= 4 is 44.9 Å². The highest BCUT2D eigenvalue weighted by atomic mass is 79.9. The second-order valence-electron chi connectivity index (χ2n) is 8.10. The van der Waals surface area contributed by atoms with Crippen LogP contribution < -0.4 is 9.47 Å². The molecule has 1 fully saturated rings. The van der Waals surface area contributed by atoms with Gasteiger partial charge in [0.1, 0.15) is 12.4 Å². The number of hydrogen-bond acceptors (Lipinski definition) is 5. The number of halogens is 2. The highest BCUT2D eigenvalue weighted by Gasteiger charge is 2.34. The fourth-order valence-corrected chi connectivity index (χ4v) is 5.23. The standard InChI is InChI=1S/C28H25BrFNO4S/c1-2-34-24-16-21(15-23(29)26(24)35-18-20-10-6-12-22(30)14-20)17-25-27(32)31(28(33)36-25)13-7-11-19-8-4-3-5-9-19/h3-6,8-10,12,14-17H,2,7,11,13,18H2,1H3/b25-17+. The van der Waals surface area contributed by atoms with Gasteiger partial charge in [0.25, 0.3) is 11.1 Å². The minimum Gasteiger partial charge on any atom is -0.490 e. The number of ether oxygens (including phenoxy) is 2. The maximum Gasteiger partial charge on any atom is 0.293 e. The fourth-order valence-electron chi connectivity index (χ4n) is 3.79. The largest absolute Gasteiger partial charge is 0.490 e. The van der Waals surface area contributed by atoms with Gasteiger partial charge in [-0.25, -0.2) is 4.39 Å². The highest BCUT2D eigenvalue weighted by Crippen LogP contribution is 2.39. The number of carbonyl (C=O) groups excluding carboxylic acids is 2. The van der Waals surface area contributed by atoms with Crippen LogP contribution >= 0.6 is 27.7 Å². The van der Waals surface area contributed by atoms with Gasteiger partial charge in [-0.3, -0.25) is 14.5 Å². The Kier molecular flexibility index (Phi) is 8.83. The number of rotatable bonds is 10. The predicted molar refractivity (Wildman–Crippen MR) is 143 cm³/mol. The maximum absolute atomic E-state index is 13.5. The third kappa shape index (κ3) is 6.56. The van der Waals surface area contributed by atoms with Crippen molar-refractivity contribution in [2.75, 3.05) is 13.2 Å². The lowest BCUT2D eigenvalue weighted by molar-refractivity contribution is -0.122. The molecule has 0 spiro atoms. The lowest BCUT2D eigenvalue weighted by Crippen LogP contribution is -2.29. The van der Waals surface area contributed by atoms with E-state index >= 15 is 0 Å². The summed E-state index contributed by atoms with van der Waals surface area (Å²) in [6.45, 7) is 2.80. The Morgan fingerprint density at radius 3 is 2.53 bits per heavy atom. The monoisotopic (exact) mass is 569 g/mol. The molecule has 2 amide bonds. The Morgan fingerprint density at radius 2 is 1.78 bits per heavy atom. The minimum atomic E-state index is -0.329. The van der Waals surface area contributed by atoms with Crippen molar-refractivity contribution in [1.82, 2.24) is 4.90 Å². The maximum atomic E-state index is 13.5. The molecule has 0 unspecified atom stereocenters. The van der Waals surface area contributed by atoms with Gasteiger partial charge >= 0.3 is 0 Å². The van der Waals surface area contributed by atoms with Crippen LogP contribution in [0.3, 0.4) is 0 Å². The van der Waals surface area contributed by atoms with Crippen LogP contribution in [-0.2, 0) is 17.8 Å². The smallest absolute Gasteiger partial charge is 0.293 e. The molecule has 5 nitrogen and oxygen atoms in total. The van der Waals surface area contributed by atoms with Crippen molar-refractivity contribution in [3.8, 4) is 11.5 Å². The van der Waals surface area contributed by atoms with E-state index in [9.17, 15) is 14.0 Å². The summed E-state index contributed by atoms with van der Waals surface area (Å²) in [6.07, 6.45) is 3.18. The Balaban J connectivity index is 1.47. The lowest BCUT2D eigenvalue weighted by Gasteiger charge is -2.15. The lowest BCUT2D eigenvalue weighted by atomic mass is 10.1. The molecule has 1 saturated heterocycles. The van der Waals surface area contributed by atoms with Gasteiger partial charge < -0.3 is 9.47 Å². The number of thioether (sulfide) groups is 1. The van der Waals surface area contributed by atoms with E-state index in [0.29, 0.717) is 51.6 Å². The van der Waals surface area contributed by atoms with E-state index in [-0.39, 0.29) is 23.6 Å². The van der Waals surface area contributed by atoms with E-state index in [4.69, 9.17) is 9.47 Å². The van der Waals surface area contributed by atoms with Crippen molar-refractivity contribution < 1.29 is 23.5 Å². The van der Waals surface area contributed by atoms with Crippen LogP contribution in [0.25, 0.3) is 6.08 Å². The zero-order valence-electron chi connectivity index (χ0n) is 19.7. The molecule has 8 heteroatoms. The van der Waals surface area contributed by atoms with E-state index in [2.05, 4.69) is 15.9 Å². The quantitative estimate of drug-likeness (QED) is 0.241. The first kappa shape index (κ1) is 26.0. The van der Waals surface area contributed by atoms with Gasteiger partial charge in [0.15, 0.2) is 11.5 Å². The van der Waals surface area contributed by atoms with Crippen molar-refractivity contribution in [2.45, 2.75) is 26.4 Å². The molecule has 0 N–H and O–H groups in total. The van der Waals surface area contributed by atoms with E-state index in [0.717, 1.165) is 18.2 Å². The first-order valence-electron chi connectivity index (χ1n) is 11.6. The molecule has 0 radical (unpaired) electrons. The fraction of sp³-hybridized carbons (Fsp3) is 0.214. The SMILES string of the molecule is CCOc1cc(/C=C2/SC(=O)N(CCCc3ccccc3)C2=O)cc(Br)c1OCc1cccc(F)c1. The summed E-state index contributed by atoms with van der Waals surface area (Å²) in [5.74, 6) is 0.340. The summed E-state index contributed by atoms with van der Waals surface area (Å²) in [5.41, 5.74) is 2.56. The third-order valence-corrected chi connectivity index (χ3v) is 6.96. The minimum absolute atomic E-state index is 0.164. The molecule has 3 aromatic carbocycles. The van der Waals surface area contributed by atoms with Crippen LogP contribution in [0.1, 0.15) is 30.0 Å². The average molecular weight is 570 g/mol. The Labute approximate surface area is 222 Å². The van der Waals surface area contributed by atoms with Crippen LogP contribution in [0.5, 0.6) is 11.5 Å². The number of carbonyl (C=O) groups is 2. The molecule has 0 bridgehead atoms. The van der Waals surface area contributed by atoms with Crippen molar-refractivity contribution in [3.05, 3.63) is 98.6 Å². The zero-order chi connectivity index (χ0) is 25.5. The molecule has 36 heavy (non-hydrogen) atoms. The Morgan fingerprint density at radius 1 is 1.00 bits per heavy atom. The van der Waals surface area contributed by atoms with Crippen molar-refractivity contribution in [3.63, 3.8) is 0 Å². The van der Waals surface area contributed by atoms with E-state index in [1.165, 1.54) is 22.6 Å². The van der Waals surface area contributed by atoms with Gasteiger partial charge in [0.2, 0.25) is 0 Å². The van der Waals surface area contributed by atoms with E-state index in [1.807, 2.05) is 37.3 Å². The molecule has 0 atom stereocenters. The van der Waals surface area contributed by atoms with Crippen molar-refractivity contribution in [1.29, 1.82) is 0 Å². The summed E-state index contributed by atoms with van der Waals surface area (Å²) < 4.78 is 25.8. The number of benzene rings is 3. The molecule has 0 aliphatic carbocycles. The molecular formula is C28H25BrFNO4S. The van der Waals surface area contributed by atoms with Crippen LogP contribution in [0, 0.1) is 5.82 Å². The molecule has 0 saturated carbocycles. The van der Waals surface area contributed by atoms with Crippen LogP contribution in [0.4, 0.5) is 9.18 Å². The second-order valence-corrected chi connectivity index (χ2v) is 9.95. The van der Waals surface area contributed by atoms with Crippen LogP contribution in [-0.4, -0.2) is 29.2 Å². The van der Waals surface area contributed by atoms with Crippen LogP contribution in [0.15, 0.2) is 76.1 Å². The molecule has 1 aliphatic heterocycles. The molecule has 3 aromatic rings. The number of imide groups is 1. The third-order valence-electron chi connectivity index (χ3n) is 5.47. The van der Waals surface area contributed by atoms with Gasteiger partial charge in [0, 0.05) is 6.54 Å². The second kappa shape index (κ2) is 12.2. The van der Waals surface area contributed by atoms with E-state index in [1.54, 1.807) is 30.3 Å². The number of nitrogens with zero attached hydrogens (tertiary/aromatic N) is 1. The molecular weight excluding hydrogens is 545 g/mol. The summed E-state index contributed by atoms with van der Waals surface area (Å²) in [4.78, 5) is 27.1. The summed E-state index contributed by atoms with van der Waals surface area (Å²) in [6, 6.07) is 19.7. The average Bonchev–Trinajstić information content (AvgIpc) is 3.12. The van der Waals surface area contributed by atoms with E-state index < -0.39 is 0 Å². The molecule has 1 aliphatic rings. The number of hydrogen-bond donors (Lipinski definition) is 0. The topological polar surface area (TPSA) is 55.8 Å². The van der Waals surface area contributed by atoms with Gasteiger partial charge in [-0.05, 0) is 94.5 Å². The number of aryl methyl sites for hydroxylation is 1. The molecule has 4 rings (SSSR count). The summed E-state index contributed by atoms with van der Waals surface area (Å²) in [7, 11) is 0. The van der Waals surface area contributed by atoms with Gasteiger partial charge in [-0.15, -0.1) is 0 Å². The van der Waals surface area contributed by atoms with Gasteiger partial charge in [-0.2, -0.15) is 0 Å². The zero-order valence-corrected chi connectivity index (χ0v) is 22.1. The van der Waals surface area contributed by atoms with Crippen molar-refractivity contribution in [2.24, 2.45) is 0 Å². The summed E-state index contributed by atoms with van der Waals surface area (Å²) >= 11 is 4.46.